The molecule has 1 N–H and O–H groups in total. The van der Waals surface area contributed by atoms with Crippen LogP contribution in [0.3, 0.4) is 0 Å². The summed E-state index contributed by atoms with van der Waals surface area (Å²) in [6.45, 7) is 0. The molecule has 0 radical (unpaired) electrons. The van der Waals surface area contributed by atoms with Crippen LogP contribution in [-0.2, 0) is 17.6 Å². The Morgan fingerprint density at radius 2 is 1.86 bits per heavy atom. The van der Waals surface area contributed by atoms with Crippen LogP contribution < -0.4 is 0 Å². The van der Waals surface area contributed by atoms with Gasteiger partial charge in [-0.15, -0.1) is 0 Å². The molecule has 0 aliphatic carbocycles. The van der Waals surface area contributed by atoms with Gasteiger partial charge in [-0.3, -0.25) is 4.79 Å². The van der Waals surface area contributed by atoms with Gasteiger partial charge in [0.1, 0.15) is 5.82 Å². The largest absolute Gasteiger partial charge is 0.481 e. The van der Waals surface area contributed by atoms with Crippen molar-refractivity contribution in [2.24, 2.45) is 5.92 Å². The standard InChI is InChI=1S/C16H13BrClFO2/c17-13-3-1-10(2-4-13)7-12(16(20)21)8-11-9-14(19)5-6-15(11)18/h1-6,9,12H,7-8H2,(H,20,21). The molecule has 0 aromatic heterocycles. The number of rotatable bonds is 5. The van der Waals surface area contributed by atoms with Gasteiger partial charge in [-0.2, -0.15) is 0 Å². The number of halogens is 3. The fraction of sp³-hybridized carbons (Fsp3) is 0.188. The molecule has 2 aromatic carbocycles. The second-order valence-corrected chi connectivity index (χ2v) is 6.13. The van der Waals surface area contributed by atoms with Crippen molar-refractivity contribution in [2.45, 2.75) is 12.8 Å². The first kappa shape index (κ1) is 16.0. The van der Waals surface area contributed by atoms with Crippen molar-refractivity contribution in [1.29, 1.82) is 0 Å². The zero-order chi connectivity index (χ0) is 15.4. The van der Waals surface area contributed by atoms with E-state index in [2.05, 4.69) is 15.9 Å². The smallest absolute Gasteiger partial charge is 0.307 e. The van der Waals surface area contributed by atoms with Gasteiger partial charge in [0.05, 0.1) is 5.92 Å². The minimum Gasteiger partial charge on any atom is -0.481 e. The van der Waals surface area contributed by atoms with E-state index in [0.29, 0.717) is 17.0 Å². The highest BCUT2D eigenvalue weighted by Crippen LogP contribution is 2.23. The van der Waals surface area contributed by atoms with Crippen molar-refractivity contribution in [3.05, 3.63) is 68.9 Å². The van der Waals surface area contributed by atoms with Crippen molar-refractivity contribution >= 4 is 33.5 Å². The van der Waals surface area contributed by atoms with Crippen molar-refractivity contribution in [2.75, 3.05) is 0 Å². The fourth-order valence-electron chi connectivity index (χ4n) is 2.12. The highest BCUT2D eigenvalue weighted by Gasteiger charge is 2.20. The van der Waals surface area contributed by atoms with Crippen LogP contribution in [0.4, 0.5) is 4.39 Å². The second-order valence-electron chi connectivity index (χ2n) is 4.81. The minimum absolute atomic E-state index is 0.196. The van der Waals surface area contributed by atoms with Crippen LogP contribution in [0.15, 0.2) is 46.9 Å². The maximum atomic E-state index is 13.3. The summed E-state index contributed by atoms with van der Waals surface area (Å²) < 4.78 is 14.2. The predicted molar refractivity (Wildman–Crippen MR) is 84.1 cm³/mol. The molecule has 0 bridgehead atoms. The van der Waals surface area contributed by atoms with Crippen LogP contribution in [0.1, 0.15) is 11.1 Å². The summed E-state index contributed by atoms with van der Waals surface area (Å²) in [7, 11) is 0. The monoisotopic (exact) mass is 370 g/mol. The Morgan fingerprint density at radius 3 is 2.48 bits per heavy atom. The number of hydrogen-bond donors (Lipinski definition) is 1. The maximum Gasteiger partial charge on any atom is 0.307 e. The molecule has 5 heteroatoms. The molecule has 0 spiro atoms. The molecular formula is C16H13BrClFO2. The van der Waals surface area contributed by atoms with Gasteiger partial charge in [0.2, 0.25) is 0 Å². The van der Waals surface area contributed by atoms with Gasteiger partial charge in [0.15, 0.2) is 0 Å². The average Bonchev–Trinajstić information content (AvgIpc) is 2.44. The van der Waals surface area contributed by atoms with Crippen LogP contribution in [0.25, 0.3) is 0 Å². The van der Waals surface area contributed by atoms with Gasteiger partial charge >= 0.3 is 5.97 Å². The van der Waals surface area contributed by atoms with Crippen molar-refractivity contribution in [3.8, 4) is 0 Å². The molecule has 110 valence electrons. The van der Waals surface area contributed by atoms with E-state index in [1.165, 1.54) is 18.2 Å². The van der Waals surface area contributed by atoms with Gasteiger partial charge in [-0.05, 0) is 54.3 Å². The summed E-state index contributed by atoms with van der Waals surface area (Å²) in [6.07, 6.45) is 0.567. The molecule has 0 fully saturated rings. The highest BCUT2D eigenvalue weighted by molar-refractivity contribution is 9.10. The first-order valence-corrected chi connectivity index (χ1v) is 7.54. The molecule has 0 aliphatic rings. The number of aliphatic carboxylic acids is 1. The SMILES string of the molecule is O=C(O)C(Cc1ccc(Br)cc1)Cc1cc(F)ccc1Cl. The molecule has 0 saturated carbocycles. The summed E-state index contributed by atoms with van der Waals surface area (Å²) in [4.78, 5) is 11.4. The van der Waals surface area contributed by atoms with Crippen LogP contribution in [-0.4, -0.2) is 11.1 Å². The molecule has 0 saturated heterocycles. The van der Waals surface area contributed by atoms with E-state index in [1.54, 1.807) is 0 Å². The molecule has 0 heterocycles. The second kappa shape index (κ2) is 7.05. The number of hydrogen-bond acceptors (Lipinski definition) is 1. The lowest BCUT2D eigenvalue weighted by molar-refractivity contribution is -0.141. The Balaban J connectivity index is 2.17. The van der Waals surface area contributed by atoms with Gasteiger partial charge in [-0.1, -0.05) is 39.7 Å². The molecule has 2 nitrogen and oxygen atoms in total. The third-order valence-corrected chi connectivity index (χ3v) is 4.12. The topological polar surface area (TPSA) is 37.3 Å². The van der Waals surface area contributed by atoms with E-state index in [1.807, 2.05) is 24.3 Å². The van der Waals surface area contributed by atoms with E-state index in [4.69, 9.17) is 11.6 Å². The van der Waals surface area contributed by atoms with E-state index < -0.39 is 17.7 Å². The van der Waals surface area contributed by atoms with Crippen LogP contribution in [0.2, 0.25) is 5.02 Å². The highest BCUT2D eigenvalue weighted by atomic mass is 79.9. The molecule has 2 aromatic rings. The molecule has 0 amide bonds. The van der Waals surface area contributed by atoms with Crippen LogP contribution >= 0.6 is 27.5 Å². The van der Waals surface area contributed by atoms with Crippen molar-refractivity contribution in [1.82, 2.24) is 0 Å². The lowest BCUT2D eigenvalue weighted by Crippen LogP contribution is -2.19. The van der Waals surface area contributed by atoms with E-state index >= 15 is 0 Å². The van der Waals surface area contributed by atoms with Gasteiger partial charge in [-0.25, -0.2) is 4.39 Å². The molecule has 21 heavy (non-hydrogen) atoms. The average molecular weight is 372 g/mol. The molecule has 2 rings (SSSR count). The molecule has 0 aliphatic heterocycles. The van der Waals surface area contributed by atoms with E-state index in [9.17, 15) is 14.3 Å². The Labute approximate surface area is 135 Å². The number of carboxylic acid groups (broad SMARTS) is 1. The predicted octanol–water partition coefficient (Wildman–Crippen LogP) is 4.73. The summed E-state index contributed by atoms with van der Waals surface area (Å²) in [5.74, 6) is -1.98. The first-order chi connectivity index (χ1) is 9.95. The summed E-state index contributed by atoms with van der Waals surface area (Å²) in [5.41, 5.74) is 1.43. The number of benzene rings is 2. The van der Waals surface area contributed by atoms with Gasteiger partial charge in [0.25, 0.3) is 0 Å². The zero-order valence-corrected chi connectivity index (χ0v) is 13.4. The quantitative estimate of drug-likeness (QED) is 0.825. The zero-order valence-electron chi connectivity index (χ0n) is 11.0. The van der Waals surface area contributed by atoms with E-state index in [0.717, 1.165) is 10.0 Å². The van der Waals surface area contributed by atoms with Crippen molar-refractivity contribution < 1.29 is 14.3 Å². The minimum atomic E-state index is -0.918. The first-order valence-electron chi connectivity index (χ1n) is 6.37. The Kier molecular flexibility index (Phi) is 5.37. The van der Waals surface area contributed by atoms with Gasteiger partial charge in [0, 0.05) is 9.50 Å². The third kappa shape index (κ3) is 4.55. The third-order valence-electron chi connectivity index (χ3n) is 3.22. The number of carboxylic acids is 1. The summed E-state index contributed by atoms with van der Waals surface area (Å²) in [5, 5.41) is 9.75. The normalized spacial score (nSPS) is 12.1. The molecule has 1 atom stereocenters. The van der Waals surface area contributed by atoms with Crippen LogP contribution in [0, 0.1) is 11.7 Å². The number of carbonyl (C=O) groups is 1. The lowest BCUT2D eigenvalue weighted by Gasteiger charge is -2.14. The van der Waals surface area contributed by atoms with Gasteiger partial charge < -0.3 is 5.11 Å². The maximum absolute atomic E-state index is 13.3. The molecule has 1 unspecified atom stereocenters. The Hall–Kier alpha value is -1.39. The Morgan fingerprint density at radius 1 is 1.19 bits per heavy atom. The summed E-state index contributed by atoms with van der Waals surface area (Å²) >= 11 is 9.34. The van der Waals surface area contributed by atoms with E-state index in [-0.39, 0.29) is 6.42 Å². The Bertz CT molecular complexity index is 643. The fourth-order valence-corrected chi connectivity index (χ4v) is 2.58. The lowest BCUT2D eigenvalue weighted by atomic mass is 9.92. The van der Waals surface area contributed by atoms with Crippen LogP contribution in [0.5, 0.6) is 0 Å². The summed E-state index contributed by atoms with van der Waals surface area (Å²) in [6, 6.07) is 11.5. The van der Waals surface area contributed by atoms with Crippen molar-refractivity contribution in [3.63, 3.8) is 0 Å². The molecular weight excluding hydrogens is 359 g/mol.